The molecule has 0 aromatic heterocycles. The number of hydroxylamine groups is 2. The van der Waals surface area contributed by atoms with Gasteiger partial charge in [-0.3, -0.25) is 5.21 Å². The Bertz CT molecular complexity index is 625. The first-order valence-corrected chi connectivity index (χ1v) is 6.49. The molecule has 2 amide bonds. The summed E-state index contributed by atoms with van der Waals surface area (Å²) in [5.74, 6) is 4.08. The largest absolute Gasteiger partial charge is 0.450 e. The predicted molar refractivity (Wildman–Crippen MR) is 75.0 cm³/mol. The van der Waals surface area contributed by atoms with E-state index in [2.05, 4.69) is 11.8 Å². The van der Waals surface area contributed by atoms with Crippen LogP contribution in [0.3, 0.4) is 0 Å². The van der Waals surface area contributed by atoms with Crippen molar-refractivity contribution < 1.29 is 23.9 Å². The first-order valence-electron chi connectivity index (χ1n) is 6.49. The van der Waals surface area contributed by atoms with Crippen molar-refractivity contribution in [2.24, 2.45) is 5.73 Å². The lowest BCUT2D eigenvalue weighted by Crippen LogP contribution is -2.39. The molecule has 2 rings (SSSR count). The Hall–Kier alpha value is -2.72. The van der Waals surface area contributed by atoms with E-state index in [1.54, 1.807) is 6.08 Å². The normalized spacial score (nSPS) is 20.5. The fraction of sp³-hybridized carbons (Fsp3) is 0.267. The standard InChI is InChI=1S/C15H15FN2O4/c1-11(18(20)14(17)19)7-9-15(8-2-10-21-15)22-13-5-3-12(16)4-6-13/h2-6,10-11,20H,8H2,1H3,(H2,17,19). The molecule has 0 saturated carbocycles. The van der Waals surface area contributed by atoms with Crippen LogP contribution >= 0.6 is 0 Å². The number of urea groups is 1. The molecule has 0 saturated heterocycles. The molecule has 0 bridgehead atoms. The summed E-state index contributed by atoms with van der Waals surface area (Å²) in [6.45, 7) is 1.49. The molecule has 1 aromatic carbocycles. The van der Waals surface area contributed by atoms with Gasteiger partial charge in [-0.25, -0.2) is 9.18 Å². The summed E-state index contributed by atoms with van der Waals surface area (Å²) in [5, 5.41) is 9.70. The van der Waals surface area contributed by atoms with Crippen molar-refractivity contribution in [1.82, 2.24) is 5.06 Å². The summed E-state index contributed by atoms with van der Waals surface area (Å²) in [6, 6.07) is 3.56. The number of carbonyl (C=O) groups excluding carboxylic acids is 1. The van der Waals surface area contributed by atoms with E-state index >= 15 is 0 Å². The van der Waals surface area contributed by atoms with Crippen LogP contribution in [0.4, 0.5) is 9.18 Å². The number of nitrogens with zero attached hydrogens (tertiary/aromatic N) is 1. The van der Waals surface area contributed by atoms with Crippen molar-refractivity contribution in [3.63, 3.8) is 0 Å². The first-order chi connectivity index (χ1) is 10.4. The number of rotatable bonds is 3. The molecular formula is C15H15FN2O4. The molecule has 1 aromatic rings. The Morgan fingerprint density at radius 3 is 2.77 bits per heavy atom. The van der Waals surface area contributed by atoms with Gasteiger partial charge in [0, 0.05) is 0 Å². The minimum absolute atomic E-state index is 0.307. The number of benzene rings is 1. The number of amides is 2. The highest BCUT2D eigenvalue weighted by Crippen LogP contribution is 2.27. The lowest BCUT2D eigenvalue weighted by atomic mass is 10.2. The zero-order chi connectivity index (χ0) is 16.2. The number of hydrogen-bond acceptors (Lipinski definition) is 4. The highest BCUT2D eigenvalue weighted by molar-refractivity contribution is 5.71. The lowest BCUT2D eigenvalue weighted by Gasteiger charge is -2.24. The molecule has 1 aliphatic rings. The summed E-state index contributed by atoms with van der Waals surface area (Å²) >= 11 is 0. The van der Waals surface area contributed by atoms with E-state index in [1.165, 1.54) is 37.5 Å². The predicted octanol–water partition coefficient (Wildman–Crippen LogP) is 2.00. The second-order valence-corrected chi connectivity index (χ2v) is 4.63. The van der Waals surface area contributed by atoms with Gasteiger partial charge in [0.05, 0.1) is 12.7 Å². The third-order valence-electron chi connectivity index (χ3n) is 2.90. The maximum Gasteiger partial charge on any atom is 0.339 e. The van der Waals surface area contributed by atoms with Crippen LogP contribution < -0.4 is 10.5 Å². The van der Waals surface area contributed by atoms with Gasteiger partial charge in [0.15, 0.2) is 0 Å². The molecule has 0 spiro atoms. The molecule has 1 heterocycles. The average Bonchev–Trinajstić information content (AvgIpc) is 2.95. The van der Waals surface area contributed by atoms with Gasteiger partial charge < -0.3 is 15.2 Å². The molecule has 0 aliphatic carbocycles. The summed E-state index contributed by atoms with van der Waals surface area (Å²) < 4.78 is 24.0. The van der Waals surface area contributed by atoms with Crippen molar-refractivity contribution >= 4 is 6.03 Å². The number of primary amides is 1. The minimum atomic E-state index is -1.29. The first kappa shape index (κ1) is 15.7. The number of carbonyl (C=O) groups is 1. The van der Waals surface area contributed by atoms with Gasteiger partial charge in [-0.1, -0.05) is 5.92 Å². The van der Waals surface area contributed by atoms with Crippen molar-refractivity contribution in [1.29, 1.82) is 0 Å². The van der Waals surface area contributed by atoms with Crippen LogP contribution in [0.1, 0.15) is 13.3 Å². The van der Waals surface area contributed by atoms with Crippen molar-refractivity contribution in [2.45, 2.75) is 25.2 Å². The van der Waals surface area contributed by atoms with E-state index in [-0.39, 0.29) is 5.82 Å². The van der Waals surface area contributed by atoms with Crippen molar-refractivity contribution in [3.8, 4) is 17.6 Å². The average molecular weight is 306 g/mol. The van der Waals surface area contributed by atoms with Crippen LogP contribution in [0.2, 0.25) is 0 Å². The van der Waals surface area contributed by atoms with Crippen LogP contribution in [0.25, 0.3) is 0 Å². The van der Waals surface area contributed by atoms with Gasteiger partial charge in [0.2, 0.25) is 0 Å². The van der Waals surface area contributed by atoms with E-state index in [1.807, 2.05) is 0 Å². The summed E-state index contributed by atoms with van der Waals surface area (Å²) in [7, 11) is 0. The fourth-order valence-electron chi connectivity index (χ4n) is 1.74. The van der Waals surface area contributed by atoms with E-state index in [0.29, 0.717) is 17.2 Å². The smallest absolute Gasteiger partial charge is 0.339 e. The fourth-order valence-corrected chi connectivity index (χ4v) is 1.74. The van der Waals surface area contributed by atoms with Crippen LogP contribution in [0.15, 0.2) is 36.6 Å². The monoisotopic (exact) mass is 306 g/mol. The summed E-state index contributed by atoms with van der Waals surface area (Å²) in [5.41, 5.74) is 4.95. The van der Waals surface area contributed by atoms with Gasteiger partial charge in [-0.15, -0.1) is 0 Å². The highest BCUT2D eigenvalue weighted by Gasteiger charge is 2.34. The summed E-state index contributed by atoms with van der Waals surface area (Å²) in [4.78, 5) is 10.9. The Morgan fingerprint density at radius 1 is 1.55 bits per heavy atom. The Balaban J connectivity index is 2.16. The molecule has 1 aliphatic heterocycles. The third kappa shape index (κ3) is 3.68. The topological polar surface area (TPSA) is 85.0 Å². The summed E-state index contributed by atoms with van der Waals surface area (Å²) in [6.07, 6.45) is 3.49. The molecule has 2 unspecified atom stereocenters. The Morgan fingerprint density at radius 2 is 2.23 bits per heavy atom. The molecule has 2 atom stereocenters. The van der Waals surface area contributed by atoms with E-state index in [4.69, 9.17) is 15.2 Å². The number of nitrogens with two attached hydrogens (primary N) is 1. The maximum atomic E-state index is 12.9. The molecule has 0 fully saturated rings. The van der Waals surface area contributed by atoms with Gasteiger partial charge >= 0.3 is 11.8 Å². The van der Waals surface area contributed by atoms with E-state index in [9.17, 15) is 14.4 Å². The molecule has 3 N–H and O–H groups in total. The zero-order valence-corrected chi connectivity index (χ0v) is 11.8. The number of ether oxygens (including phenoxy) is 2. The lowest BCUT2D eigenvalue weighted by molar-refractivity contribution is -0.0782. The van der Waals surface area contributed by atoms with Gasteiger partial charge in [-0.05, 0) is 43.2 Å². The Kier molecular flexibility index (Phi) is 4.53. The molecule has 22 heavy (non-hydrogen) atoms. The number of hydrogen-bond donors (Lipinski definition) is 2. The number of halogens is 1. The quantitative estimate of drug-likeness (QED) is 0.508. The maximum absolute atomic E-state index is 12.9. The van der Waals surface area contributed by atoms with Gasteiger partial charge in [0.1, 0.15) is 17.6 Å². The van der Waals surface area contributed by atoms with Crippen LogP contribution in [-0.4, -0.2) is 28.1 Å². The molecular weight excluding hydrogens is 291 g/mol. The Labute approximate surface area is 126 Å². The van der Waals surface area contributed by atoms with Crippen LogP contribution in [0.5, 0.6) is 5.75 Å². The molecule has 116 valence electrons. The third-order valence-corrected chi connectivity index (χ3v) is 2.90. The van der Waals surface area contributed by atoms with Gasteiger partial charge in [0.25, 0.3) is 0 Å². The zero-order valence-electron chi connectivity index (χ0n) is 11.8. The van der Waals surface area contributed by atoms with E-state index < -0.39 is 17.9 Å². The van der Waals surface area contributed by atoms with Crippen LogP contribution in [-0.2, 0) is 4.74 Å². The van der Waals surface area contributed by atoms with Crippen LogP contribution in [0, 0.1) is 17.7 Å². The van der Waals surface area contributed by atoms with Crippen molar-refractivity contribution in [3.05, 3.63) is 42.4 Å². The SMILES string of the molecule is CC(C#CC1(Oc2ccc(F)cc2)CC=CO1)N(O)C(N)=O. The molecule has 6 nitrogen and oxygen atoms in total. The highest BCUT2D eigenvalue weighted by atomic mass is 19.1. The molecule has 7 heteroatoms. The minimum Gasteiger partial charge on any atom is -0.450 e. The van der Waals surface area contributed by atoms with E-state index in [0.717, 1.165) is 0 Å². The second-order valence-electron chi connectivity index (χ2n) is 4.63. The van der Waals surface area contributed by atoms with Gasteiger partial charge in [-0.2, -0.15) is 5.06 Å². The van der Waals surface area contributed by atoms with Crippen molar-refractivity contribution in [2.75, 3.05) is 0 Å². The molecule has 0 radical (unpaired) electrons. The second kappa shape index (κ2) is 6.37.